The number of fused-ring (bicyclic) bond motifs is 1. The van der Waals surface area contributed by atoms with Gasteiger partial charge in [-0.25, -0.2) is 0 Å². The summed E-state index contributed by atoms with van der Waals surface area (Å²) in [6, 6.07) is 17.5. The van der Waals surface area contributed by atoms with Crippen molar-refractivity contribution in [3.05, 3.63) is 65.9 Å². The van der Waals surface area contributed by atoms with Crippen LogP contribution in [0.15, 0.2) is 54.7 Å². The van der Waals surface area contributed by atoms with E-state index in [9.17, 15) is 4.79 Å². The minimum absolute atomic E-state index is 0.0932. The Kier molecular flexibility index (Phi) is 5.58. The standard InChI is InChI=1S/C24H30N4O/c1-16(24(29)27-18-10-11-18)25-14-21(17-8-12-19(13-9-17)28(2)3)22-15-26-23-7-5-4-6-20(22)23/h4-9,12-13,15-16,18,21,25-26H,10-11,14H2,1-3H3,(H,27,29)/p+1/t16-,21+/m0/s1. The molecule has 29 heavy (non-hydrogen) atoms. The molecule has 1 amide bonds. The molecule has 0 aliphatic heterocycles. The lowest BCUT2D eigenvalue weighted by molar-refractivity contribution is -0.674. The summed E-state index contributed by atoms with van der Waals surface area (Å²) in [5, 5.41) is 6.54. The molecule has 2 aromatic carbocycles. The van der Waals surface area contributed by atoms with Gasteiger partial charge in [-0.3, -0.25) is 4.79 Å². The number of nitrogens with zero attached hydrogens (tertiary/aromatic N) is 1. The second kappa shape index (κ2) is 8.29. The summed E-state index contributed by atoms with van der Waals surface area (Å²) >= 11 is 0. The van der Waals surface area contributed by atoms with Crippen LogP contribution in [0.1, 0.15) is 36.8 Å². The SMILES string of the molecule is C[C@H]([NH2+]C[C@H](c1ccc(N(C)C)cc1)c1c[nH]c2ccccc12)C(=O)NC1CC1. The molecule has 1 saturated carbocycles. The number of carbonyl (C=O) groups is 1. The van der Waals surface area contributed by atoms with E-state index in [1.54, 1.807) is 0 Å². The Morgan fingerprint density at radius 2 is 1.90 bits per heavy atom. The highest BCUT2D eigenvalue weighted by Crippen LogP contribution is 2.30. The second-order valence-electron chi connectivity index (χ2n) is 8.37. The molecule has 3 aromatic rings. The highest BCUT2D eigenvalue weighted by Gasteiger charge is 2.28. The Morgan fingerprint density at radius 1 is 1.17 bits per heavy atom. The number of anilines is 1. The van der Waals surface area contributed by atoms with Crippen molar-refractivity contribution in [3.8, 4) is 0 Å². The summed E-state index contributed by atoms with van der Waals surface area (Å²) in [5.74, 6) is 0.353. The molecule has 5 nitrogen and oxygen atoms in total. The van der Waals surface area contributed by atoms with Crippen molar-refractivity contribution in [2.24, 2.45) is 0 Å². The van der Waals surface area contributed by atoms with Gasteiger partial charge in [0, 0.05) is 42.9 Å². The van der Waals surface area contributed by atoms with E-state index in [1.807, 2.05) is 6.92 Å². The van der Waals surface area contributed by atoms with E-state index in [-0.39, 0.29) is 17.9 Å². The Balaban J connectivity index is 1.59. The van der Waals surface area contributed by atoms with Gasteiger partial charge in [0.25, 0.3) is 5.91 Å². The number of quaternary nitrogens is 1. The van der Waals surface area contributed by atoms with Crippen molar-refractivity contribution in [1.29, 1.82) is 0 Å². The Bertz CT molecular complexity index is 972. The number of hydrogen-bond acceptors (Lipinski definition) is 2. The molecule has 0 bridgehead atoms. The maximum Gasteiger partial charge on any atom is 0.278 e. The zero-order valence-electron chi connectivity index (χ0n) is 17.5. The average Bonchev–Trinajstić information content (AvgIpc) is 3.45. The van der Waals surface area contributed by atoms with E-state index >= 15 is 0 Å². The van der Waals surface area contributed by atoms with Crippen molar-refractivity contribution in [2.75, 3.05) is 25.5 Å². The van der Waals surface area contributed by atoms with Gasteiger partial charge in [-0.2, -0.15) is 0 Å². The lowest BCUT2D eigenvalue weighted by atomic mass is 9.90. The van der Waals surface area contributed by atoms with Crippen LogP contribution in [0.25, 0.3) is 10.9 Å². The number of carbonyl (C=O) groups excluding carboxylic acids is 1. The summed E-state index contributed by atoms with van der Waals surface area (Å²) in [6.07, 6.45) is 4.36. The summed E-state index contributed by atoms with van der Waals surface area (Å²) in [4.78, 5) is 17.9. The van der Waals surface area contributed by atoms with Gasteiger partial charge in [-0.15, -0.1) is 0 Å². The van der Waals surface area contributed by atoms with Gasteiger partial charge in [0.2, 0.25) is 0 Å². The van der Waals surface area contributed by atoms with E-state index < -0.39 is 0 Å². The van der Waals surface area contributed by atoms with Gasteiger partial charge in [0.1, 0.15) is 0 Å². The number of hydrogen-bond donors (Lipinski definition) is 3. The Morgan fingerprint density at radius 3 is 2.59 bits per heavy atom. The van der Waals surface area contributed by atoms with Crippen molar-refractivity contribution < 1.29 is 10.1 Å². The van der Waals surface area contributed by atoms with Crippen LogP contribution in [-0.2, 0) is 4.79 Å². The first-order chi connectivity index (χ1) is 14.0. The minimum Gasteiger partial charge on any atom is -0.378 e. The molecule has 1 aromatic heterocycles. The quantitative estimate of drug-likeness (QED) is 0.553. The smallest absolute Gasteiger partial charge is 0.278 e. The van der Waals surface area contributed by atoms with E-state index in [0.29, 0.717) is 6.04 Å². The molecule has 152 valence electrons. The minimum atomic E-state index is -0.0932. The molecule has 1 heterocycles. The molecule has 0 unspecified atom stereocenters. The number of aromatic amines is 1. The first kappa shape index (κ1) is 19.5. The summed E-state index contributed by atoms with van der Waals surface area (Å²) in [5.41, 5.74) is 4.89. The van der Waals surface area contributed by atoms with Crippen LogP contribution in [0, 0.1) is 0 Å². The number of rotatable bonds is 8. The fourth-order valence-electron chi connectivity index (χ4n) is 3.84. The highest BCUT2D eigenvalue weighted by molar-refractivity contribution is 5.84. The van der Waals surface area contributed by atoms with Crippen molar-refractivity contribution in [2.45, 2.75) is 37.8 Å². The fourth-order valence-corrected chi connectivity index (χ4v) is 3.84. The number of amides is 1. The molecular weight excluding hydrogens is 360 g/mol. The van der Waals surface area contributed by atoms with Crippen LogP contribution in [0.4, 0.5) is 5.69 Å². The van der Waals surface area contributed by atoms with Gasteiger partial charge in [-0.05, 0) is 49.1 Å². The molecule has 1 aliphatic rings. The highest BCUT2D eigenvalue weighted by atomic mass is 16.2. The van der Waals surface area contributed by atoms with E-state index in [4.69, 9.17) is 0 Å². The van der Waals surface area contributed by atoms with Gasteiger partial charge in [0.15, 0.2) is 6.04 Å². The third kappa shape index (κ3) is 4.46. The van der Waals surface area contributed by atoms with Crippen molar-refractivity contribution in [3.63, 3.8) is 0 Å². The van der Waals surface area contributed by atoms with E-state index in [2.05, 4.69) is 89.3 Å². The van der Waals surface area contributed by atoms with Crippen LogP contribution in [0.2, 0.25) is 0 Å². The fraction of sp³-hybridized carbons (Fsp3) is 0.375. The largest absolute Gasteiger partial charge is 0.378 e. The van der Waals surface area contributed by atoms with Crippen LogP contribution < -0.4 is 15.5 Å². The van der Waals surface area contributed by atoms with Gasteiger partial charge in [-0.1, -0.05) is 30.3 Å². The molecule has 2 atom stereocenters. The third-order valence-corrected chi connectivity index (χ3v) is 5.87. The molecular formula is C24H31N4O+. The summed E-state index contributed by atoms with van der Waals surface area (Å²) in [7, 11) is 4.11. The third-order valence-electron chi connectivity index (χ3n) is 5.87. The Labute approximate surface area is 172 Å². The summed E-state index contributed by atoms with van der Waals surface area (Å²) < 4.78 is 0. The predicted octanol–water partition coefficient (Wildman–Crippen LogP) is 2.60. The van der Waals surface area contributed by atoms with Crippen LogP contribution in [0.5, 0.6) is 0 Å². The van der Waals surface area contributed by atoms with Gasteiger partial charge in [0.05, 0.1) is 12.5 Å². The second-order valence-corrected chi connectivity index (χ2v) is 8.37. The van der Waals surface area contributed by atoms with Crippen LogP contribution >= 0.6 is 0 Å². The van der Waals surface area contributed by atoms with E-state index in [1.165, 1.54) is 22.2 Å². The zero-order valence-corrected chi connectivity index (χ0v) is 17.5. The average molecular weight is 392 g/mol. The first-order valence-electron chi connectivity index (χ1n) is 10.5. The number of benzene rings is 2. The van der Waals surface area contributed by atoms with Crippen LogP contribution in [0.3, 0.4) is 0 Å². The monoisotopic (exact) mass is 391 g/mol. The number of nitrogens with two attached hydrogens (primary N) is 1. The normalized spacial score (nSPS) is 15.8. The number of H-pyrrole nitrogens is 1. The van der Waals surface area contributed by atoms with Crippen molar-refractivity contribution >= 4 is 22.5 Å². The maximum atomic E-state index is 12.4. The molecule has 0 spiro atoms. The van der Waals surface area contributed by atoms with Crippen LogP contribution in [-0.4, -0.2) is 43.6 Å². The molecule has 4 N–H and O–H groups in total. The molecule has 1 aliphatic carbocycles. The van der Waals surface area contributed by atoms with Crippen molar-refractivity contribution in [1.82, 2.24) is 10.3 Å². The lowest BCUT2D eigenvalue weighted by Gasteiger charge is -2.20. The van der Waals surface area contributed by atoms with Gasteiger partial charge >= 0.3 is 0 Å². The predicted molar refractivity (Wildman–Crippen MR) is 118 cm³/mol. The van der Waals surface area contributed by atoms with E-state index in [0.717, 1.165) is 24.9 Å². The zero-order chi connectivity index (χ0) is 20.4. The first-order valence-corrected chi connectivity index (χ1v) is 10.5. The number of aromatic nitrogens is 1. The lowest BCUT2D eigenvalue weighted by Crippen LogP contribution is -2.92. The molecule has 0 radical (unpaired) electrons. The summed E-state index contributed by atoms with van der Waals surface area (Å²) in [6.45, 7) is 2.82. The number of nitrogens with one attached hydrogen (secondary N) is 2. The number of para-hydroxylation sites is 1. The van der Waals surface area contributed by atoms with Gasteiger partial charge < -0.3 is 20.5 Å². The molecule has 0 saturated heterocycles. The molecule has 1 fully saturated rings. The molecule has 4 rings (SSSR count). The maximum absolute atomic E-state index is 12.4. The Hall–Kier alpha value is -2.79. The topological polar surface area (TPSA) is 64.7 Å². The molecule has 5 heteroatoms.